The molecule has 6 heteroatoms. The molecule has 0 radical (unpaired) electrons. The first-order valence-electron chi connectivity index (χ1n) is 17.5. The van der Waals surface area contributed by atoms with Crippen LogP contribution in [0.3, 0.4) is 0 Å². The van der Waals surface area contributed by atoms with E-state index in [1.54, 1.807) is 0 Å². The predicted octanol–water partition coefficient (Wildman–Crippen LogP) is 9.42. The van der Waals surface area contributed by atoms with Gasteiger partial charge in [0.05, 0.1) is 17.6 Å². The van der Waals surface area contributed by atoms with Crippen LogP contribution < -0.4 is 4.74 Å². The molecular weight excluding hydrogens is 571 g/mol. The van der Waals surface area contributed by atoms with Gasteiger partial charge >= 0.3 is 0 Å². The molecule has 0 amide bonds. The highest BCUT2D eigenvalue weighted by Crippen LogP contribution is 2.47. The van der Waals surface area contributed by atoms with Crippen molar-refractivity contribution in [3.05, 3.63) is 70.7 Å². The summed E-state index contributed by atoms with van der Waals surface area (Å²) in [6, 6.07) is 13.2. The number of fused-ring (bicyclic) bond motifs is 2. The standard InChI is InChI=1S/C40H51FN4O/c1-25-17-30-19-28(29-7-9-35-36(20-29)43-26(2)42-35)8-10-37(30)46-16-13-27(25)18-31-21-40(5,6)38(24-45-15-12-32(41)23-45)44-34-11-14-39(3,4)22-33(31)34/h7-10,19-21,25,27,32H,11-18,22-24H2,1-6H3,(H,42,43). The lowest BCUT2D eigenvalue weighted by Gasteiger charge is -2.35. The third-order valence-corrected chi connectivity index (χ3v) is 11.1. The van der Waals surface area contributed by atoms with Crippen LogP contribution in [0.15, 0.2) is 64.3 Å². The number of ether oxygens (including phenoxy) is 1. The first kappa shape index (κ1) is 31.4. The normalized spacial score (nSPS) is 26.4. The fourth-order valence-corrected chi connectivity index (χ4v) is 8.25. The van der Waals surface area contributed by atoms with Gasteiger partial charge in [-0.25, -0.2) is 9.37 Å². The van der Waals surface area contributed by atoms with Crippen LogP contribution in [0, 0.1) is 29.6 Å². The van der Waals surface area contributed by atoms with Crippen molar-refractivity contribution in [3.8, 4) is 16.9 Å². The van der Waals surface area contributed by atoms with Gasteiger partial charge in [-0.2, -0.15) is 0 Å². The van der Waals surface area contributed by atoms with E-state index in [2.05, 4.69) is 92.0 Å². The summed E-state index contributed by atoms with van der Waals surface area (Å²) in [6.45, 7) is 16.8. The molecule has 1 aliphatic carbocycles. The number of rotatable bonds is 5. The molecule has 1 N–H and O–H groups in total. The molecule has 0 bridgehead atoms. The van der Waals surface area contributed by atoms with E-state index in [-0.39, 0.29) is 10.8 Å². The van der Waals surface area contributed by atoms with Gasteiger partial charge in [-0.05, 0) is 121 Å². The smallest absolute Gasteiger partial charge is 0.122 e. The Morgan fingerprint density at radius 2 is 1.87 bits per heavy atom. The lowest BCUT2D eigenvalue weighted by molar-refractivity contribution is 0.220. The fraction of sp³-hybridized carbons (Fsp3) is 0.550. The Balaban J connectivity index is 1.16. The molecule has 5 nitrogen and oxygen atoms in total. The molecule has 244 valence electrons. The maximum absolute atomic E-state index is 14.1. The maximum atomic E-state index is 14.1. The number of alkyl halides is 1. The predicted molar refractivity (Wildman–Crippen MR) is 187 cm³/mol. The zero-order valence-corrected chi connectivity index (χ0v) is 28.7. The molecule has 0 spiro atoms. The molecule has 3 aliphatic heterocycles. The Labute approximate surface area is 274 Å². The highest BCUT2D eigenvalue weighted by atomic mass is 19.1. The number of aromatic nitrogens is 2. The first-order valence-corrected chi connectivity index (χ1v) is 17.5. The minimum Gasteiger partial charge on any atom is -0.493 e. The molecule has 4 heterocycles. The van der Waals surface area contributed by atoms with Gasteiger partial charge in [0.1, 0.15) is 17.7 Å². The molecule has 2 aromatic carbocycles. The monoisotopic (exact) mass is 622 g/mol. The minimum absolute atomic E-state index is 0.178. The molecule has 1 aromatic heterocycles. The molecule has 1 saturated heterocycles. The van der Waals surface area contributed by atoms with E-state index in [9.17, 15) is 4.39 Å². The number of nitrogens with zero attached hydrogens (tertiary/aromatic N) is 3. The SMILES string of the molecule is Cc1nc2ccc(-c3ccc4c(c3)CC(C)C(CC3=CC(C)(C)C(CN5CCC(F)C5)=NC5=C3CC(C)(C)CC5)CCO4)cc2[nH]1. The van der Waals surface area contributed by atoms with Crippen molar-refractivity contribution in [2.45, 2.75) is 92.7 Å². The molecule has 0 saturated carbocycles. The molecule has 46 heavy (non-hydrogen) atoms. The molecule has 3 atom stereocenters. The van der Waals surface area contributed by atoms with E-state index in [0.717, 1.165) is 80.8 Å². The van der Waals surface area contributed by atoms with Gasteiger partial charge < -0.3 is 9.72 Å². The molecule has 3 unspecified atom stereocenters. The van der Waals surface area contributed by atoms with E-state index >= 15 is 0 Å². The van der Waals surface area contributed by atoms with Crippen LogP contribution in [-0.2, 0) is 6.42 Å². The molecular formula is C40H51FN4O. The van der Waals surface area contributed by atoms with Gasteiger partial charge in [0, 0.05) is 36.5 Å². The van der Waals surface area contributed by atoms with Gasteiger partial charge in [0.25, 0.3) is 0 Å². The second-order valence-corrected chi connectivity index (χ2v) is 16.0. The third kappa shape index (κ3) is 6.47. The van der Waals surface area contributed by atoms with E-state index in [0.29, 0.717) is 24.8 Å². The molecule has 1 fully saturated rings. The minimum atomic E-state index is -0.709. The highest BCUT2D eigenvalue weighted by molar-refractivity contribution is 5.94. The number of imidazole rings is 1. The van der Waals surface area contributed by atoms with E-state index in [1.165, 1.54) is 39.2 Å². The Bertz CT molecular complexity index is 1730. The lowest BCUT2D eigenvalue weighted by Crippen LogP contribution is -2.35. The van der Waals surface area contributed by atoms with Crippen molar-refractivity contribution in [2.75, 3.05) is 26.2 Å². The van der Waals surface area contributed by atoms with Gasteiger partial charge in [-0.3, -0.25) is 9.89 Å². The average Bonchev–Trinajstić information content (AvgIpc) is 3.56. The quantitative estimate of drug-likeness (QED) is 0.308. The first-order chi connectivity index (χ1) is 21.9. The maximum Gasteiger partial charge on any atom is 0.122 e. The number of hydrogen-bond acceptors (Lipinski definition) is 4. The summed E-state index contributed by atoms with van der Waals surface area (Å²) in [5.41, 5.74) is 11.3. The summed E-state index contributed by atoms with van der Waals surface area (Å²) >= 11 is 0. The Morgan fingerprint density at radius 3 is 2.67 bits per heavy atom. The van der Waals surface area contributed by atoms with E-state index in [1.807, 2.05) is 6.92 Å². The number of hydrogen-bond donors (Lipinski definition) is 1. The van der Waals surface area contributed by atoms with Crippen molar-refractivity contribution < 1.29 is 9.13 Å². The third-order valence-electron chi connectivity index (χ3n) is 11.1. The molecule has 4 aliphatic rings. The summed E-state index contributed by atoms with van der Waals surface area (Å²) in [6.07, 6.45) is 8.82. The van der Waals surface area contributed by atoms with E-state index in [4.69, 9.17) is 9.73 Å². The fourth-order valence-electron chi connectivity index (χ4n) is 8.25. The Hall–Kier alpha value is -3.25. The van der Waals surface area contributed by atoms with Crippen LogP contribution in [-0.4, -0.2) is 53.0 Å². The number of benzene rings is 2. The highest BCUT2D eigenvalue weighted by Gasteiger charge is 2.37. The number of halogens is 1. The Kier molecular flexibility index (Phi) is 8.24. The molecule has 3 aromatic rings. The Morgan fingerprint density at radius 1 is 1.07 bits per heavy atom. The van der Waals surface area contributed by atoms with Gasteiger partial charge in [-0.15, -0.1) is 0 Å². The summed E-state index contributed by atoms with van der Waals surface area (Å²) in [4.78, 5) is 15.7. The van der Waals surface area contributed by atoms with Crippen molar-refractivity contribution in [1.29, 1.82) is 0 Å². The number of aliphatic imine (C=N–C) groups is 1. The lowest BCUT2D eigenvalue weighted by atomic mass is 9.71. The topological polar surface area (TPSA) is 53.5 Å². The largest absolute Gasteiger partial charge is 0.493 e. The van der Waals surface area contributed by atoms with Crippen molar-refractivity contribution in [1.82, 2.24) is 14.9 Å². The second-order valence-electron chi connectivity index (χ2n) is 16.0. The van der Waals surface area contributed by atoms with Crippen LogP contribution >= 0.6 is 0 Å². The van der Waals surface area contributed by atoms with Crippen molar-refractivity contribution >= 4 is 16.7 Å². The van der Waals surface area contributed by atoms with Crippen LogP contribution in [0.2, 0.25) is 0 Å². The number of allylic oxidation sites excluding steroid dienone is 4. The summed E-state index contributed by atoms with van der Waals surface area (Å²) in [5, 5.41) is 0. The number of likely N-dealkylation sites (tertiary alicyclic amines) is 1. The number of nitrogens with one attached hydrogen (secondary N) is 1. The van der Waals surface area contributed by atoms with Gasteiger partial charge in [0.2, 0.25) is 0 Å². The zero-order valence-electron chi connectivity index (χ0n) is 28.7. The van der Waals surface area contributed by atoms with Gasteiger partial charge in [-0.1, -0.05) is 52.8 Å². The number of aromatic amines is 1. The summed E-state index contributed by atoms with van der Waals surface area (Å²) < 4.78 is 20.6. The average molecular weight is 623 g/mol. The van der Waals surface area contributed by atoms with Crippen LogP contribution in [0.25, 0.3) is 22.2 Å². The number of aryl methyl sites for hydroxylation is 1. The van der Waals surface area contributed by atoms with Gasteiger partial charge in [0.15, 0.2) is 0 Å². The zero-order chi connectivity index (χ0) is 32.2. The van der Waals surface area contributed by atoms with Crippen LogP contribution in [0.1, 0.15) is 84.5 Å². The van der Waals surface area contributed by atoms with Crippen molar-refractivity contribution in [2.24, 2.45) is 27.7 Å². The summed E-state index contributed by atoms with van der Waals surface area (Å²) in [5.74, 6) is 2.98. The van der Waals surface area contributed by atoms with E-state index < -0.39 is 6.17 Å². The molecule has 7 rings (SSSR count). The summed E-state index contributed by atoms with van der Waals surface area (Å²) in [7, 11) is 0. The van der Waals surface area contributed by atoms with Crippen LogP contribution in [0.4, 0.5) is 4.39 Å². The van der Waals surface area contributed by atoms with Crippen molar-refractivity contribution in [3.63, 3.8) is 0 Å². The second kappa shape index (κ2) is 12.1. The van der Waals surface area contributed by atoms with Crippen LogP contribution in [0.5, 0.6) is 5.75 Å². The number of H-pyrrole nitrogens is 1.